The standard InChI is InChI=1S/C11H14N2OS/c1-7(11(12)14)13-9-6-15-10-5-3-2-4-8(9)10/h2-5,7,9,13H,6H2,1H3,(H2,12,14). The molecular formula is C11H14N2OS. The van der Waals surface area contributed by atoms with Gasteiger partial charge < -0.3 is 5.73 Å². The van der Waals surface area contributed by atoms with Gasteiger partial charge in [-0.2, -0.15) is 0 Å². The van der Waals surface area contributed by atoms with E-state index >= 15 is 0 Å². The molecule has 1 aliphatic rings. The van der Waals surface area contributed by atoms with Crippen LogP contribution in [0.5, 0.6) is 0 Å². The van der Waals surface area contributed by atoms with Crippen molar-refractivity contribution in [1.29, 1.82) is 0 Å². The summed E-state index contributed by atoms with van der Waals surface area (Å²) < 4.78 is 0. The Morgan fingerprint density at radius 2 is 2.33 bits per heavy atom. The number of benzene rings is 1. The molecule has 0 saturated carbocycles. The zero-order valence-electron chi connectivity index (χ0n) is 8.57. The number of fused-ring (bicyclic) bond motifs is 1. The predicted octanol–water partition coefficient (Wildman–Crippen LogP) is 1.30. The Balaban J connectivity index is 2.11. The van der Waals surface area contributed by atoms with Crippen LogP contribution < -0.4 is 11.1 Å². The number of hydrogen-bond donors (Lipinski definition) is 2. The van der Waals surface area contributed by atoms with Crippen molar-refractivity contribution in [3.05, 3.63) is 29.8 Å². The fraction of sp³-hybridized carbons (Fsp3) is 0.364. The lowest BCUT2D eigenvalue weighted by atomic mass is 10.1. The van der Waals surface area contributed by atoms with Crippen LogP contribution in [-0.2, 0) is 4.79 Å². The van der Waals surface area contributed by atoms with Crippen molar-refractivity contribution in [3.63, 3.8) is 0 Å². The summed E-state index contributed by atoms with van der Waals surface area (Å²) in [5, 5.41) is 3.24. The molecule has 1 heterocycles. The normalized spacial score (nSPS) is 21.0. The van der Waals surface area contributed by atoms with E-state index in [1.807, 2.05) is 23.9 Å². The van der Waals surface area contributed by atoms with Gasteiger partial charge in [-0.15, -0.1) is 11.8 Å². The molecule has 0 radical (unpaired) electrons. The first-order chi connectivity index (χ1) is 7.18. The van der Waals surface area contributed by atoms with Gasteiger partial charge in [-0.3, -0.25) is 10.1 Å². The summed E-state index contributed by atoms with van der Waals surface area (Å²) in [4.78, 5) is 12.2. The highest BCUT2D eigenvalue weighted by molar-refractivity contribution is 7.99. The fourth-order valence-corrected chi connectivity index (χ4v) is 2.86. The molecule has 1 amide bonds. The predicted molar refractivity (Wildman–Crippen MR) is 61.7 cm³/mol. The average Bonchev–Trinajstić information content (AvgIpc) is 2.62. The number of amides is 1. The zero-order chi connectivity index (χ0) is 10.8. The quantitative estimate of drug-likeness (QED) is 0.810. The molecule has 0 aromatic heterocycles. The molecule has 0 spiro atoms. The second-order valence-corrected chi connectivity index (χ2v) is 4.75. The van der Waals surface area contributed by atoms with Crippen LogP contribution in [0.15, 0.2) is 29.2 Å². The summed E-state index contributed by atoms with van der Waals surface area (Å²) in [6.07, 6.45) is 0. The number of nitrogens with one attached hydrogen (secondary N) is 1. The minimum absolute atomic E-state index is 0.244. The Morgan fingerprint density at radius 1 is 1.60 bits per heavy atom. The monoisotopic (exact) mass is 222 g/mol. The number of primary amides is 1. The Kier molecular flexibility index (Phi) is 2.98. The topological polar surface area (TPSA) is 55.1 Å². The Bertz CT molecular complexity index is 381. The van der Waals surface area contributed by atoms with Crippen molar-refractivity contribution in [3.8, 4) is 0 Å². The third-order valence-corrected chi connectivity index (χ3v) is 3.76. The minimum atomic E-state index is -0.301. The molecule has 1 aromatic rings. The lowest BCUT2D eigenvalue weighted by molar-refractivity contribution is -0.119. The van der Waals surface area contributed by atoms with Gasteiger partial charge in [0.2, 0.25) is 5.91 Å². The zero-order valence-corrected chi connectivity index (χ0v) is 9.38. The van der Waals surface area contributed by atoms with E-state index in [2.05, 4.69) is 17.4 Å². The van der Waals surface area contributed by atoms with Gasteiger partial charge in [0, 0.05) is 16.7 Å². The number of carbonyl (C=O) groups is 1. The van der Waals surface area contributed by atoms with E-state index in [-0.39, 0.29) is 18.0 Å². The molecule has 0 aliphatic carbocycles. The summed E-state index contributed by atoms with van der Waals surface area (Å²) in [6.45, 7) is 1.80. The molecule has 0 saturated heterocycles. The molecule has 4 heteroatoms. The number of thioether (sulfide) groups is 1. The number of nitrogens with two attached hydrogens (primary N) is 1. The van der Waals surface area contributed by atoms with Gasteiger partial charge in [0.1, 0.15) is 0 Å². The maximum Gasteiger partial charge on any atom is 0.234 e. The summed E-state index contributed by atoms with van der Waals surface area (Å²) >= 11 is 1.82. The van der Waals surface area contributed by atoms with Crippen LogP contribution >= 0.6 is 11.8 Å². The van der Waals surface area contributed by atoms with Crippen molar-refractivity contribution < 1.29 is 4.79 Å². The highest BCUT2D eigenvalue weighted by atomic mass is 32.2. The Morgan fingerprint density at radius 3 is 3.07 bits per heavy atom. The summed E-state index contributed by atoms with van der Waals surface area (Å²) in [5.74, 6) is 0.668. The van der Waals surface area contributed by atoms with Gasteiger partial charge in [0.15, 0.2) is 0 Å². The Hall–Kier alpha value is -1.00. The number of carbonyl (C=O) groups excluding carboxylic acids is 1. The van der Waals surface area contributed by atoms with Gasteiger partial charge in [0.25, 0.3) is 0 Å². The molecular weight excluding hydrogens is 208 g/mol. The van der Waals surface area contributed by atoms with Crippen molar-refractivity contribution in [1.82, 2.24) is 5.32 Å². The maximum absolute atomic E-state index is 11.0. The lowest BCUT2D eigenvalue weighted by Gasteiger charge is -2.17. The van der Waals surface area contributed by atoms with Crippen molar-refractivity contribution in [2.45, 2.75) is 23.9 Å². The van der Waals surface area contributed by atoms with E-state index in [1.165, 1.54) is 10.5 Å². The molecule has 3 nitrogen and oxygen atoms in total. The van der Waals surface area contributed by atoms with Crippen LogP contribution in [0.2, 0.25) is 0 Å². The van der Waals surface area contributed by atoms with E-state index in [9.17, 15) is 4.79 Å². The van der Waals surface area contributed by atoms with Crippen molar-refractivity contribution >= 4 is 17.7 Å². The van der Waals surface area contributed by atoms with E-state index in [4.69, 9.17) is 5.73 Å². The third kappa shape index (κ3) is 2.16. The molecule has 0 fully saturated rings. The van der Waals surface area contributed by atoms with E-state index < -0.39 is 0 Å². The molecule has 15 heavy (non-hydrogen) atoms. The van der Waals surface area contributed by atoms with Gasteiger partial charge in [0.05, 0.1) is 6.04 Å². The van der Waals surface area contributed by atoms with Crippen LogP contribution in [0, 0.1) is 0 Å². The van der Waals surface area contributed by atoms with Crippen molar-refractivity contribution in [2.24, 2.45) is 5.73 Å². The van der Waals surface area contributed by atoms with E-state index in [0.29, 0.717) is 0 Å². The molecule has 0 bridgehead atoms. The smallest absolute Gasteiger partial charge is 0.234 e. The second kappa shape index (κ2) is 4.24. The molecule has 1 aromatic carbocycles. The molecule has 2 rings (SSSR count). The summed E-state index contributed by atoms with van der Waals surface area (Å²) in [7, 11) is 0. The first kappa shape index (κ1) is 10.5. The van der Waals surface area contributed by atoms with Gasteiger partial charge in [-0.25, -0.2) is 0 Å². The average molecular weight is 222 g/mol. The Labute approximate surface area is 93.4 Å². The lowest BCUT2D eigenvalue weighted by Crippen LogP contribution is -2.40. The van der Waals surface area contributed by atoms with Crippen LogP contribution in [-0.4, -0.2) is 17.7 Å². The number of hydrogen-bond acceptors (Lipinski definition) is 3. The van der Waals surface area contributed by atoms with Crippen LogP contribution in [0.1, 0.15) is 18.5 Å². The third-order valence-electron chi connectivity index (χ3n) is 2.58. The fourth-order valence-electron chi connectivity index (χ4n) is 1.68. The molecule has 80 valence electrons. The second-order valence-electron chi connectivity index (χ2n) is 3.69. The highest BCUT2D eigenvalue weighted by Crippen LogP contribution is 2.37. The molecule has 1 aliphatic heterocycles. The largest absolute Gasteiger partial charge is 0.368 e. The maximum atomic E-state index is 11.0. The van der Waals surface area contributed by atoms with Crippen molar-refractivity contribution in [2.75, 3.05) is 5.75 Å². The summed E-state index contributed by atoms with van der Waals surface area (Å²) in [6, 6.07) is 8.23. The first-order valence-electron chi connectivity index (χ1n) is 4.95. The molecule has 2 atom stereocenters. The first-order valence-corrected chi connectivity index (χ1v) is 5.94. The highest BCUT2D eigenvalue weighted by Gasteiger charge is 2.24. The van der Waals surface area contributed by atoms with E-state index in [1.54, 1.807) is 6.92 Å². The van der Waals surface area contributed by atoms with Gasteiger partial charge in [-0.1, -0.05) is 18.2 Å². The SMILES string of the molecule is CC(NC1CSc2ccccc21)C(N)=O. The van der Waals surface area contributed by atoms with Crippen LogP contribution in [0.25, 0.3) is 0 Å². The summed E-state index contributed by atoms with van der Waals surface area (Å²) in [5.41, 5.74) is 6.50. The minimum Gasteiger partial charge on any atom is -0.368 e. The molecule has 3 N–H and O–H groups in total. The van der Waals surface area contributed by atoms with Crippen LogP contribution in [0.4, 0.5) is 0 Å². The van der Waals surface area contributed by atoms with Crippen LogP contribution in [0.3, 0.4) is 0 Å². The van der Waals surface area contributed by atoms with Gasteiger partial charge >= 0.3 is 0 Å². The number of rotatable bonds is 3. The van der Waals surface area contributed by atoms with Gasteiger partial charge in [-0.05, 0) is 18.6 Å². The molecule has 2 unspecified atom stereocenters. The van der Waals surface area contributed by atoms with E-state index in [0.717, 1.165) is 5.75 Å².